The minimum absolute atomic E-state index is 0.258. The van der Waals surface area contributed by atoms with Crippen LogP contribution in [0, 0.1) is 0 Å². The number of hydrogen-bond acceptors (Lipinski definition) is 4. The van der Waals surface area contributed by atoms with Gasteiger partial charge in [0.15, 0.2) is 0 Å². The second kappa shape index (κ2) is 34.2. The lowest BCUT2D eigenvalue weighted by Gasteiger charge is -2.14. The van der Waals surface area contributed by atoms with Crippen LogP contribution in [0.2, 0.25) is 0 Å². The Bertz CT molecular complexity index is 600. The van der Waals surface area contributed by atoms with Crippen LogP contribution in [-0.4, -0.2) is 18.2 Å². The summed E-state index contributed by atoms with van der Waals surface area (Å²) in [7, 11) is 0. The molecule has 0 aliphatic carbocycles. The number of esters is 2. The fraction of sp³-hybridized carbons (Fsp3) is 0.895. The van der Waals surface area contributed by atoms with Crippen molar-refractivity contribution in [2.75, 3.05) is 0 Å². The molecule has 42 heavy (non-hydrogen) atoms. The zero-order chi connectivity index (χ0) is 30.8. The average molecular weight is 593 g/mol. The van der Waals surface area contributed by atoms with E-state index in [-0.39, 0.29) is 11.9 Å². The van der Waals surface area contributed by atoms with Crippen molar-refractivity contribution in [2.45, 2.75) is 220 Å². The number of carbonyl (C=O) groups excluding carboxylic acids is 2. The number of rotatable bonds is 33. The number of allylic oxidation sites excluding steroid dienone is 2. The lowest BCUT2D eigenvalue weighted by molar-refractivity contribution is -0.184. The van der Waals surface area contributed by atoms with Gasteiger partial charge in [-0.15, -0.1) is 0 Å². The summed E-state index contributed by atoms with van der Waals surface area (Å²) in [5, 5.41) is 0. The normalized spacial score (nSPS) is 12.2. The molecule has 1 unspecified atom stereocenters. The van der Waals surface area contributed by atoms with Gasteiger partial charge in [-0.3, -0.25) is 9.59 Å². The maximum Gasteiger partial charge on any atom is 0.308 e. The van der Waals surface area contributed by atoms with Gasteiger partial charge in [-0.2, -0.15) is 0 Å². The van der Waals surface area contributed by atoms with Crippen LogP contribution in [0.25, 0.3) is 0 Å². The molecule has 0 aromatic heterocycles. The van der Waals surface area contributed by atoms with Gasteiger partial charge >= 0.3 is 11.9 Å². The molecule has 0 saturated carbocycles. The average Bonchev–Trinajstić information content (AvgIpc) is 2.97. The second-order valence-electron chi connectivity index (χ2n) is 12.6. The van der Waals surface area contributed by atoms with Crippen LogP contribution >= 0.6 is 0 Å². The molecule has 0 rings (SSSR count). The van der Waals surface area contributed by atoms with E-state index in [4.69, 9.17) is 9.47 Å². The predicted octanol–water partition coefficient (Wildman–Crippen LogP) is 12.7. The molecule has 1 atom stereocenters. The first kappa shape index (κ1) is 40.7. The smallest absolute Gasteiger partial charge is 0.308 e. The topological polar surface area (TPSA) is 52.6 Å². The first-order valence-corrected chi connectivity index (χ1v) is 18.6. The number of unbranched alkanes of at least 4 members (excludes halogenated alkanes) is 25. The van der Waals surface area contributed by atoms with Crippen molar-refractivity contribution in [1.29, 1.82) is 0 Å². The highest BCUT2D eigenvalue weighted by molar-refractivity contribution is 5.71. The van der Waals surface area contributed by atoms with E-state index in [0.29, 0.717) is 12.8 Å². The summed E-state index contributed by atoms with van der Waals surface area (Å²) in [6, 6.07) is 0. The van der Waals surface area contributed by atoms with Crippen LogP contribution < -0.4 is 0 Å². The molecule has 0 aliphatic rings. The highest BCUT2D eigenvalue weighted by Crippen LogP contribution is 2.15. The third kappa shape index (κ3) is 33.2. The van der Waals surface area contributed by atoms with E-state index >= 15 is 0 Å². The van der Waals surface area contributed by atoms with E-state index < -0.39 is 6.29 Å². The first-order valence-electron chi connectivity index (χ1n) is 18.6. The van der Waals surface area contributed by atoms with Gasteiger partial charge in [-0.1, -0.05) is 167 Å². The monoisotopic (exact) mass is 593 g/mol. The Hall–Kier alpha value is -1.32. The van der Waals surface area contributed by atoms with Crippen molar-refractivity contribution in [1.82, 2.24) is 0 Å². The number of hydrogen-bond donors (Lipinski definition) is 0. The molecule has 248 valence electrons. The van der Waals surface area contributed by atoms with E-state index in [1.165, 1.54) is 148 Å². The Kier molecular flexibility index (Phi) is 33.1. The largest absolute Gasteiger partial charge is 0.425 e. The molecule has 4 nitrogen and oxygen atoms in total. The van der Waals surface area contributed by atoms with Gasteiger partial charge in [0.05, 0.1) is 0 Å². The number of ether oxygens (including phenoxy) is 2. The van der Waals surface area contributed by atoms with Crippen molar-refractivity contribution < 1.29 is 19.1 Å². The SMILES string of the molecule is CCCCCCCC/C=C/CCCCCCCC(=O)OC(C)OC(=O)CCCCCCCCCCCCCCCCC. The molecule has 0 aliphatic heterocycles. The van der Waals surface area contributed by atoms with Crippen LogP contribution in [0.4, 0.5) is 0 Å². The van der Waals surface area contributed by atoms with Crippen LogP contribution in [0.5, 0.6) is 0 Å². The van der Waals surface area contributed by atoms with Crippen LogP contribution in [0.15, 0.2) is 12.2 Å². The van der Waals surface area contributed by atoms with Crippen LogP contribution in [-0.2, 0) is 19.1 Å². The Morgan fingerprint density at radius 3 is 1.00 bits per heavy atom. The summed E-state index contributed by atoms with van der Waals surface area (Å²) in [6.07, 6.45) is 40.3. The third-order valence-corrected chi connectivity index (χ3v) is 8.22. The van der Waals surface area contributed by atoms with E-state index in [0.717, 1.165) is 32.1 Å². The standard InChI is InChI=1S/C38H72O4/c1-4-6-8-10-12-14-16-18-20-22-24-26-28-30-32-34-37(39)41-36(3)42-38(40)35-33-31-29-27-25-23-21-19-17-15-13-11-9-7-5-2/h18,20,36H,4-17,19,21-35H2,1-3H3/b20-18+. The van der Waals surface area contributed by atoms with Gasteiger partial charge in [-0.05, 0) is 38.5 Å². The fourth-order valence-corrected chi connectivity index (χ4v) is 5.49. The zero-order valence-corrected chi connectivity index (χ0v) is 28.6. The van der Waals surface area contributed by atoms with E-state index in [2.05, 4.69) is 26.0 Å². The van der Waals surface area contributed by atoms with Crippen molar-refractivity contribution in [3.05, 3.63) is 12.2 Å². The molecule has 0 aromatic rings. The predicted molar refractivity (Wildman–Crippen MR) is 181 cm³/mol. The molecule has 0 aromatic carbocycles. The molecule has 4 heteroatoms. The molecule has 0 heterocycles. The summed E-state index contributed by atoms with van der Waals surface area (Å²) in [6.45, 7) is 6.18. The fourth-order valence-electron chi connectivity index (χ4n) is 5.49. The van der Waals surface area contributed by atoms with E-state index in [1.807, 2.05) is 0 Å². The van der Waals surface area contributed by atoms with Gasteiger partial charge in [-0.25, -0.2) is 0 Å². The highest BCUT2D eigenvalue weighted by Gasteiger charge is 2.13. The summed E-state index contributed by atoms with van der Waals surface area (Å²) in [4.78, 5) is 24.1. The Morgan fingerprint density at radius 1 is 0.429 bits per heavy atom. The van der Waals surface area contributed by atoms with Gasteiger partial charge in [0.2, 0.25) is 6.29 Å². The van der Waals surface area contributed by atoms with Crippen LogP contribution in [0.1, 0.15) is 213 Å². The van der Waals surface area contributed by atoms with Gasteiger partial charge < -0.3 is 9.47 Å². The quantitative estimate of drug-likeness (QED) is 0.0329. The maximum absolute atomic E-state index is 12.1. The van der Waals surface area contributed by atoms with Gasteiger partial charge in [0.1, 0.15) is 0 Å². The van der Waals surface area contributed by atoms with Crippen LogP contribution in [0.3, 0.4) is 0 Å². The molecule has 0 bridgehead atoms. The van der Waals surface area contributed by atoms with Crippen molar-refractivity contribution in [3.8, 4) is 0 Å². The molecule has 0 spiro atoms. The third-order valence-electron chi connectivity index (χ3n) is 8.22. The lowest BCUT2D eigenvalue weighted by Crippen LogP contribution is -2.21. The lowest BCUT2D eigenvalue weighted by atomic mass is 10.0. The minimum atomic E-state index is -0.788. The highest BCUT2D eigenvalue weighted by atomic mass is 16.7. The summed E-state index contributed by atoms with van der Waals surface area (Å²) >= 11 is 0. The van der Waals surface area contributed by atoms with Gasteiger partial charge in [0.25, 0.3) is 0 Å². The molecule has 0 amide bonds. The summed E-state index contributed by atoms with van der Waals surface area (Å²) < 4.78 is 10.6. The Balaban J connectivity index is 3.43. The van der Waals surface area contributed by atoms with Crippen molar-refractivity contribution in [2.24, 2.45) is 0 Å². The van der Waals surface area contributed by atoms with Crippen molar-refractivity contribution >= 4 is 11.9 Å². The van der Waals surface area contributed by atoms with E-state index in [9.17, 15) is 9.59 Å². The molecule has 0 radical (unpaired) electrons. The minimum Gasteiger partial charge on any atom is -0.425 e. The molecule has 0 N–H and O–H groups in total. The van der Waals surface area contributed by atoms with Gasteiger partial charge in [0, 0.05) is 19.8 Å². The van der Waals surface area contributed by atoms with E-state index in [1.54, 1.807) is 6.92 Å². The summed E-state index contributed by atoms with van der Waals surface area (Å²) in [5.74, 6) is -0.522. The Labute approximate surface area is 262 Å². The first-order chi connectivity index (χ1) is 20.6. The summed E-state index contributed by atoms with van der Waals surface area (Å²) in [5.41, 5.74) is 0. The molecule has 0 saturated heterocycles. The maximum atomic E-state index is 12.1. The Morgan fingerprint density at radius 2 is 0.690 bits per heavy atom. The molecular formula is C38H72O4. The second-order valence-corrected chi connectivity index (χ2v) is 12.6. The number of carbonyl (C=O) groups is 2. The molecular weight excluding hydrogens is 520 g/mol. The molecule has 0 fully saturated rings. The zero-order valence-electron chi connectivity index (χ0n) is 28.6. The van der Waals surface area contributed by atoms with Crippen molar-refractivity contribution in [3.63, 3.8) is 0 Å².